The molecule has 0 aliphatic heterocycles. The first kappa shape index (κ1) is 14.0. The van der Waals surface area contributed by atoms with E-state index in [0.29, 0.717) is 5.78 Å². The van der Waals surface area contributed by atoms with E-state index < -0.39 is 0 Å². The van der Waals surface area contributed by atoms with E-state index in [1.54, 1.807) is 0 Å². The largest absolute Gasteiger partial charge is 0.391 e. The summed E-state index contributed by atoms with van der Waals surface area (Å²) in [5.41, 5.74) is 0. The van der Waals surface area contributed by atoms with Crippen LogP contribution in [-0.4, -0.2) is 41.5 Å². The fourth-order valence-corrected chi connectivity index (χ4v) is 3.51. The molecule has 2 rings (SSSR count). The Kier molecular flexibility index (Phi) is 5.19. The standard InChI is InChI=1S/C15H27NO2/c1-16(13-8-5-6-10-15(13)18)11-12-7-3-2-4-9-14(12)17/h12-13,15,18H,2-11H2,1H3. The molecule has 2 fully saturated rings. The number of aliphatic hydroxyl groups excluding tert-OH is 1. The van der Waals surface area contributed by atoms with E-state index in [9.17, 15) is 9.90 Å². The zero-order valence-electron chi connectivity index (χ0n) is 11.6. The van der Waals surface area contributed by atoms with Gasteiger partial charge in [0, 0.05) is 24.9 Å². The molecule has 0 radical (unpaired) electrons. The van der Waals surface area contributed by atoms with Gasteiger partial charge in [0.1, 0.15) is 5.78 Å². The van der Waals surface area contributed by atoms with Crippen LogP contribution in [0.15, 0.2) is 0 Å². The van der Waals surface area contributed by atoms with Gasteiger partial charge in [0.2, 0.25) is 0 Å². The van der Waals surface area contributed by atoms with E-state index in [-0.39, 0.29) is 18.1 Å². The van der Waals surface area contributed by atoms with Crippen LogP contribution in [0.25, 0.3) is 0 Å². The Morgan fingerprint density at radius 2 is 1.83 bits per heavy atom. The Morgan fingerprint density at radius 3 is 2.61 bits per heavy atom. The summed E-state index contributed by atoms with van der Waals surface area (Å²) in [5.74, 6) is 0.663. The van der Waals surface area contributed by atoms with Gasteiger partial charge in [0.25, 0.3) is 0 Å². The third kappa shape index (κ3) is 3.55. The Bertz CT molecular complexity index is 280. The molecule has 0 saturated heterocycles. The summed E-state index contributed by atoms with van der Waals surface area (Å²) < 4.78 is 0. The second-order valence-electron chi connectivity index (χ2n) is 6.12. The molecule has 0 amide bonds. The van der Waals surface area contributed by atoms with Crippen molar-refractivity contribution in [1.82, 2.24) is 4.90 Å². The average molecular weight is 253 g/mol. The monoisotopic (exact) mass is 253 g/mol. The van der Waals surface area contributed by atoms with Crippen molar-refractivity contribution in [1.29, 1.82) is 0 Å². The van der Waals surface area contributed by atoms with Crippen LogP contribution in [0.3, 0.4) is 0 Å². The van der Waals surface area contributed by atoms with E-state index in [1.807, 2.05) is 0 Å². The summed E-state index contributed by atoms with van der Waals surface area (Å²) in [6.07, 6.45) is 9.47. The molecule has 0 aromatic heterocycles. The topological polar surface area (TPSA) is 40.5 Å². The minimum atomic E-state index is -0.190. The van der Waals surface area contributed by atoms with Gasteiger partial charge in [-0.1, -0.05) is 25.7 Å². The lowest BCUT2D eigenvalue weighted by Crippen LogP contribution is -2.46. The maximum absolute atomic E-state index is 12.0. The van der Waals surface area contributed by atoms with Crippen LogP contribution in [0, 0.1) is 5.92 Å². The van der Waals surface area contributed by atoms with Gasteiger partial charge in [0.05, 0.1) is 6.10 Å². The third-order valence-electron chi connectivity index (χ3n) is 4.70. The lowest BCUT2D eigenvalue weighted by Gasteiger charge is -2.36. The SMILES string of the molecule is CN(CC1CCCCCC1=O)C1CCCCC1O. The van der Waals surface area contributed by atoms with Crippen LogP contribution in [0.4, 0.5) is 0 Å². The van der Waals surface area contributed by atoms with Gasteiger partial charge in [-0.05, 0) is 32.7 Å². The lowest BCUT2D eigenvalue weighted by molar-refractivity contribution is -0.123. The van der Waals surface area contributed by atoms with Gasteiger partial charge in [-0.25, -0.2) is 0 Å². The van der Waals surface area contributed by atoms with Crippen LogP contribution >= 0.6 is 0 Å². The number of hydrogen-bond acceptors (Lipinski definition) is 3. The summed E-state index contributed by atoms with van der Waals surface area (Å²) >= 11 is 0. The molecular weight excluding hydrogens is 226 g/mol. The first-order valence-electron chi connectivity index (χ1n) is 7.59. The molecule has 3 heteroatoms. The summed E-state index contributed by atoms with van der Waals surface area (Å²) in [5, 5.41) is 10.1. The molecule has 0 heterocycles. The zero-order valence-corrected chi connectivity index (χ0v) is 11.6. The smallest absolute Gasteiger partial charge is 0.137 e. The van der Waals surface area contributed by atoms with Crippen molar-refractivity contribution in [3.8, 4) is 0 Å². The maximum atomic E-state index is 12.0. The summed E-state index contributed by atoms with van der Waals surface area (Å²) in [6.45, 7) is 0.848. The number of likely N-dealkylation sites (N-methyl/N-ethyl adjacent to an activating group) is 1. The first-order valence-corrected chi connectivity index (χ1v) is 7.59. The molecule has 3 atom stereocenters. The van der Waals surface area contributed by atoms with Crippen molar-refractivity contribution in [3.63, 3.8) is 0 Å². The molecule has 0 bridgehead atoms. The number of ketones is 1. The molecule has 0 aromatic carbocycles. The molecule has 1 N–H and O–H groups in total. The number of rotatable bonds is 3. The summed E-state index contributed by atoms with van der Waals surface area (Å²) in [6, 6.07) is 0.273. The quantitative estimate of drug-likeness (QED) is 0.785. The molecule has 2 aliphatic carbocycles. The zero-order chi connectivity index (χ0) is 13.0. The number of Topliss-reactive ketones (excluding diaryl/α,β-unsaturated/α-hetero) is 1. The number of hydrogen-bond donors (Lipinski definition) is 1. The van der Waals surface area contributed by atoms with Crippen LogP contribution in [0.1, 0.15) is 57.8 Å². The van der Waals surface area contributed by atoms with Gasteiger partial charge in [-0.2, -0.15) is 0 Å². The van der Waals surface area contributed by atoms with Gasteiger partial charge >= 0.3 is 0 Å². The number of aliphatic hydroxyl groups is 1. The van der Waals surface area contributed by atoms with Crippen LogP contribution in [0.2, 0.25) is 0 Å². The number of carbonyl (C=O) groups excluding carboxylic acids is 1. The fraction of sp³-hybridized carbons (Fsp3) is 0.933. The maximum Gasteiger partial charge on any atom is 0.137 e. The lowest BCUT2D eigenvalue weighted by atomic mass is 9.90. The average Bonchev–Trinajstić information content (AvgIpc) is 2.55. The van der Waals surface area contributed by atoms with E-state index in [2.05, 4.69) is 11.9 Å². The highest BCUT2D eigenvalue weighted by atomic mass is 16.3. The fourth-order valence-electron chi connectivity index (χ4n) is 3.51. The highest BCUT2D eigenvalue weighted by molar-refractivity contribution is 5.81. The minimum absolute atomic E-state index is 0.190. The molecule has 3 unspecified atom stereocenters. The second kappa shape index (κ2) is 6.67. The molecule has 18 heavy (non-hydrogen) atoms. The van der Waals surface area contributed by atoms with Gasteiger partial charge in [-0.3, -0.25) is 4.79 Å². The van der Waals surface area contributed by atoms with Gasteiger partial charge in [0.15, 0.2) is 0 Å². The molecule has 2 aliphatic rings. The molecule has 104 valence electrons. The molecule has 0 aromatic rings. The van der Waals surface area contributed by atoms with E-state index in [4.69, 9.17) is 0 Å². The third-order valence-corrected chi connectivity index (χ3v) is 4.70. The Hall–Kier alpha value is -0.410. The van der Waals surface area contributed by atoms with Crippen molar-refractivity contribution >= 4 is 5.78 Å². The van der Waals surface area contributed by atoms with E-state index >= 15 is 0 Å². The number of carbonyl (C=O) groups is 1. The van der Waals surface area contributed by atoms with Crippen LogP contribution in [-0.2, 0) is 4.79 Å². The van der Waals surface area contributed by atoms with Crippen LogP contribution in [0.5, 0.6) is 0 Å². The minimum Gasteiger partial charge on any atom is -0.391 e. The molecular formula is C15H27NO2. The van der Waals surface area contributed by atoms with Crippen molar-refractivity contribution in [2.75, 3.05) is 13.6 Å². The predicted octanol–water partition coefficient (Wildman–Crippen LogP) is 2.37. The summed E-state index contributed by atoms with van der Waals surface area (Å²) in [7, 11) is 2.08. The van der Waals surface area contributed by atoms with Gasteiger partial charge in [-0.15, -0.1) is 0 Å². The Morgan fingerprint density at radius 1 is 1.11 bits per heavy atom. The molecule has 2 saturated carbocycles. The van der Waals surface area contributed by atoms with Crippen LogP contribution < -0.4 is 0 Å². The Labute approximate surface area is 111 Å². The van der Waals surface area contributed by atoms with Crippen molar-refractivity contribution in [2.24, 2.45) is 5.92 Å². The van der Waals surface area contributed by atoms with Gasteiger partial charge < -0.3 is 10.0 Å². The molecule has 0 spiro atoms. The predicted molar refractivity (Wildman–Crippen MR) is 72.5 cm³/mol. The van der Waals surface area contributed by atoms with Crippen molar-refractivity contribution < 1.29 is 9.90 Å². The van der Waals surface area contributed by atoms with Crippen molar-refractivity contribution in [3.05, 3.63) is 0 Å². The van der Waals surface area contributed by atoms with E-state index in [0.717, 1.165) is 45.1 Å². The Balaban J connectivity index is 1.88. The summed E-state index contributed by atoms with van der Waals surface area (Å²) in [4.78, 5) is 14.3. The highest BCUT2D eigenvalue weighted by Gasteiger charge is 2.30. The molecule has 3 nitrogen and oxygen atoms in total. The van der Waals surface area contributed by atoms with E-state index in [1.165, 1.54) is 19.3 Å². The second-order valence-corrected chi connectivity index (χ2v) is 6.12. The first-order chi connectivity index (χ1) is 8.68. The number of nitrogens with zero attached hydrogens (tertiary/aromatic N) is 1. The van der Waals surface area contributed by atoms with Crippen molar-refractivity contribution in [2.45, 2.75) is 69.9 Å². The normalized spacial score (nSPS) is 34.6. The highest BCUT2D eigenvalue weighted by Crippen LogP contribution is 2.26.